The third-order valence-corrected chi connectivity index (χ3v) is 7.50. The molecule has 0 radical (unpaired) electrons. The van der Waals surface area contributed by atoms with E-state index in [2.05, 4.69) is 16.4 Å². The Bertz CT molecular complexity index is 1270. The van der Waals surface area contributed by atoms with Gasteiger partial charge in [0.1, 0.15) is 17.2 Å². The molecular weight excluding hydrogens is 458 g/mol. The maximum absolute atomic E-state index is 13.2. The normalized spacial score (nSPS) is 20.1. The molecule has 2 heterocycles. The van der Waals surface area contributed by atoms with Gasteiger partial charge < -0.3 is 24.8 Å². The monoisotopic (exact) mass is 487 g/mol. The van der Waals surface area contributed by atoms with Crippen LogP contribution in [-0.2, 0) is 10.2 Å². The zero-order chi connectivity index (χ0) is 25.3. The van der Waals surface area contributed by atoms with Gasteiger partial charge in [0.15, 0.2) is 0 Å². The highest BCUT2D eigenvalue weighted by atomic mass is 16.5. The van der Waals surface area contributed by atoms with Gasteiger partial charge in [-0.15, -0.1) is 0 Å². The number of aromatic hydroxyl groups is 1. The lowest BCUT2D eigenvalue weighted by molar-refractivity contribution is -0.00935. The van der Waals surface area contributed by atoms with E-state index in [1.165, 1.54) is 13.2 Å². The van der Waals surface area contributed by atoms with E-state index in [0.29, 0.717) is 37.4 Å². The molecule has 2 aliphatic rings. The minimum absolute atomic E-state index is 0.0992. The Kier molecular flexibility index (Phi) is 6.36. The number of pyridine rings is 1. The van der Waals surface area contributed by atoms with Crippen molar-refractivity contribution in [1.29, 1.82) is 0 Å². The fourth-order valence-corrected chi connectivity index (χ4v) is 5.74. The number of aromatic nitrogens is 1. The van der Waals surface area contributed by atoms with Gasteiger partial charge in [-0.05, 0) is 48.2 Å². The third kappa shape index (κ3) is 3.97. The number of benzene rings is 2. The molecular formula is C28H29N3O5. The van der Waals surface area contributed by atoms with E-state index < -0.39 is 0 Å². The minimum Gasteiger partial charge on any atom is -0.507 e. The Morgan fingerprint density at radius 2 is 1.81 bits per heavy atom. The lowest BCUT2D eigenvalue weighted by Gasteiger charge is -2.44. The summed E-state index contributed by atoms with van der Waals surface area (Å²) in [5.74, 6) is -0.0776. The Morgan fingerprint density at radius 3 is 2.47 bits per heavy atom. The third-order valence-electron chi connectivity index (χ3n) is 7.50. The molecule has 1 fully saturated rings. The number of amides is 2. The molecule has 8 heteroatoms. The van der Waals surface area contributed by atoms with E-state index in [0.717, 1.165) is 11.1 Å². The number of hydrogen-bond donors (Lipinski definition) is 2. The Balaban J connectivity index is 1.39. The second-order valence-electron chi connectivity index (χ2n) is 9.24. The van der Waals surface area contributed by atoms with Crippen molar-refractivity contribution < 1.29 is 24.2 Å². The van der Waals surface area contributed by atoms with Gasteiger partial charge in [-0.2, -0.15) is 0 Å². The van der Waals surface area contributed by atoms with Crippen molar-refractivity contribution in [3.63, 3.8) is 0 Å². The van der Waals surface area contributed by atoms with Gasteiger partial charge in [0, 0.05) is 37.9 Å². The summed E-state index contributed by atoms with van der Waals surface area (Å²) in [4.78, 5) is 32.2. The molecule has 1 spiro atoms. The molecule has 0 saturated carbocycles. The van der Waals surface area contributed by atoms with Gasteiger partial charge in [-0.25, -0.2) is 0 Å². The molecule has 2 atom stereocenters. The number of piperidine rings is 1. The minimum atomic E-state index is -0.355. The second-order valence-corrected chi connectivity index (χ2v) is 9.24. The fraction of sp³-hybridized carbons (Fsp3) is 0.321. The highest BCUT2D eigenvalue weighted by Gasteiger charge is 2.54. The van der Waals surface area contributed by atoms with Crippen LogP contribution in [0.2, 0.25) is 0 Å². The van der Waals surface area contributed by atoms with E-state index in [1.54, 1.807) is 48.5 Å². The lowest BCUT2D eigenvalue weighted by Crippen LogP contribution is -2.51. The Labute approximate surface area is 209 Å². The van der Waals surface area contributed by atoms with E-state index in [1.807, 2.05) is 18.2 Å². The summed E-state index contributed by atoms with van der Waals surface area (Å²) in [6.45, 7) is 0.999. The van der Waals surface area contributed by atoms with E-state index >= 15 is 0 Å². The number of nitrogens with zero attached hydrogens (tertiary/aromatic N) is 2. The number of hydrogen-bond acceptors (Lipinski definition) is 6. The van der Waals surface area contributed by atoms with Gasteiger partial charge in [0.2, 0.25) is 0 Å². The summed E-state index contributed by atoms with van der Waals surface area (Å²) < 4.78 is 11.2. The van der Waals surface area contributed by atoms with Crippen LogP contribution < -0.4 is 10.1 Å². The van der Waals surface area contributed by atoms with Crippen molar-refractivity contribution >= 4 is 11.8 Å². The number of rotatable bonds is 5. The molecule has 1 aliphatic carbocycles. The van der Waals surface area contributed by atoms with Crippen molar-refractivity contribution in [2.24, 2.45) is 0 Å². The van der Waals surface area contributed by atoms with Crippen LogP contribution in [0.3, 0.4) is 0 Å². The first-order valence-corrected chi connectivity index (χ1v) is 12.0. The summed E-state index contributed by atoms with van der Waals surface area (Å²) in [5, 5.41) is 13.5. The van der Waals surface area contributed by atoms with Crippen LogP contribution in [0.1, 0.15) is 50.9 Å². The summed E-state index contributed by atoms with van der Waals surface area (Å²) in [6, 6.07) is 17.7. The lowest BCUT2D eigenvalue weighted by atomic mass is 9.71. The maximum atomic E-state index is 13.2. The molecule has 2 amide bonds. The first-order valence-electron chi connectivity index (χ1n) is 12.0. The van der Waals surface area contributed by atoms with Crippen LogP contribution in [0.25, 0.3) is 0 Å². The Hall–Kier alpha value is -3.91. The number of nitrogens with one attached hydrogen (secondary N) is 1. The average Bonchev–Trinajstić information content (AvgIpc) is 3.17. The molecule has 0 bridgehead atoms. The Morgan fingerprint density at radius 1 is 1.06 bits per heavy atom. The van der Waals surface area contributed by atoms with Gasteiger partial charge in [-0.1, -0.05) is 30.3 Å². The number of carbonyl (C=O) groups excluding carboxylic acids is 2. The first kappa shape index (κ1) is 23.8. The number of methoxy groups -OCH3 is 2. The van der Waals surface area contributed by atoms with Crippen LogP contribution >= 0.6 is 0 Å². The quantitative estimate of drug-likeness (QED) is 0.572. The second kappa shape index (κ2) is 9.62. The number of phenolic OH excluding ortho intramolecular Hbond substituents is 1. The van der Waals surface area contributed by atoms with Crippen molar-refractivity contribution in [2.45, 2.75) is 30.4 Å². The average molecular weight is 488 g/mol. The van der Waals surface area contributed by atoms with Crippen molar-refractivity contribution in [3.05, 3.63) is 89.2 Å². The van der Waals surface area contributed by atoms with Gasteiger partial charge in [0.05, 0.1) is 24.8 Å². The summed E-state index contributed by atoms with van der Waals surface area (Å²) in [7, 11) is 3.18. The molecule has 1 aromatic heterocycles. The number of phenols is 1. The summed E-state index contributed by atoms with van der Waals surface area (Å²) in [5.41, 5.74) is 2.42. The zero-order valence-electron chi connectivity index (χ0n) is 20.3. The molecule has 1 saturated heterocycles. The molecule has 8 nitrogen and oxygen atoms in total. The number of ether oxygens (including phenoxy) is 2. The van der Waals surface area contributed by atoms with Crippen molar-refractivity contribution in [3.8, 4) is 11.5 Å². The maximum Gasteiger partial charge on any atom is 0.270 e. The zero-order valence-corrected chi connectivity index (χ0v) is 20.3. The highest BCUT2D eigenvalue weighted by Crippen LogP contribution is 2.52. The number of fused-ring (bicyclic) bond motifs is 2. The van der Waals surface area contributed by atoms with Gasteiger partial charge in [0.25, 0.3) is 11.8 Å². The van der Waals surface area contributed by atoms with E-state index in [-0.39, 0.29) is 40.7 Å². The molecule has 186 valence electrons. The first-order chi connectivity index (χ1) is 17.5. The topological polar surface area (TPSA) is 101 Å². The molecule has 0 unspecified atom stereocenters. The number of carbonyl (C=O) groups is 2. The van der Waals surface area contributed by atoms with Gasteiger partial charge >= 0.3 is 0 Å². The summed E-state index contributed by atoms with van der Waals surface area (Å²) in [6.07, 6.45) is 2.64. The SMILES string of the molecule is COc1ccc(C(=O)N2CCC3(CC2)c2ccccc2[C@@H](NC(=O)c2ccccn2)[C@@H]3OC)c(O)c1. The van der Waals surface area contributed by atoms with Crippen LogP contribution in [0.15, 0.2) is 66.9 Å². The van der Waals surface area contributed by atoms with E-state index in [4.69, 9.17) is 9.47 Å². The van der Waals surface area contributed by atoms with E-state index in [9.17, 15) is 14.7 Å². The molecule has 2 N–H and O–H groups in total. The van der Waals surface area contributed by atoms with Gasteiger partial charge in [-0.3, -0.25) is 14.6 Å². The predicted molar refractivity (Wildman–Crippen MR) is 133 cm³/mol. The molecule has 5 rings (SSSR count). The fourth-order valence-electron chi connectivity index (χ4n) is 5.74. The molecule has 3 aromatic rings. The van der Waals surface area contributed by atoms with Crippen LogP contribution in [0.4, 0.5) is 0 Å². The smallest absolute Gasteiger partial charge is 0.270 e. The molecule has 36 heavy (non-hydrogen) atoms. The van der Waals surface area contributed by atoms with Crippen LogP contribution in [-0.4, -0.2) is 60.2 Å². The van der Waals surface area contributed by atoms with Crippen LogP contribution in [0, 0.1) is 0 Å². The highest BCUT2D eigenvalue weighted by molar-refractivity contribution is 5.97. The largest absolute Gasteiger partial charge is 0.507 e. The molecule has 2 aromatic carbocycles. The predicted octanol–water partition coefficient (Wildman–Crippen LogP) is 3.47. The summed E-state index contributed by atoms with van der Waals surface area (Å²) >= 11 is 0. The number of likely N-dealkylation sites (tertiary alicyclic amines) is 1. The van der Waals surface area contributed by atoms with Crippen molar-refractivity contribution in [2.75, 3.05) is 27.3 Å². The standard InChI is InChI=1S/C28H29N3O5/c1-35-18-10-11-20(23(32)17-18)27(34)31-15-12-28(13-16-31)21-8-4-3-7-19(21)24(25(28)36-2)30-26(33)22-9-5-6-14-29-22/h3-11,14,17,24-25,32H,12-13,15-16H2,1-2H3,(H,30,33)/t24-,25+/m1/s1. The van der Waals surface area contributed by atoms with Crippen LogP contribution in [0.5, 0.6) is 11.5 Å². The van der Waals surface area contributed by atoms with Crippen molar-refractivity contribution in [1.82, 2.24) is 15.2 Å². The molecule has 1 aliphatic heterocycles.